The second kappa shape index (κ2) is 9.25. The van der Waals surface area contributed by atoms with Crippen LogP contribution in [0, 0.1) is 17.8 Å². The Labute approximate surface area is 189 Å². The standard InChI is InChI=1S/C24H26N4O3S/c1-18(20-9-11-21(12-10-20)32(25,30)31)28-17-26-23-13-15-27(16-22(23)24(28)29)14-5-8-19-6-3-2-4-7-19/h2-4,6-7,9-12,18,22H,13-17H2,1H3,(H2,25,30,31). The van der Waals surface area contributed by atoms with Crippen LogP contribution in [0.25, 0.3) is 0 Å². The van der Waals surface area contributed by atoms with Crippen LogP contribution < -0.4 is 5.14 Å². The molecule has 0 bridgehead atoms. The molecule has 2 atom stereocenters. The lowest BCUT2D eigenvalue weighted by molar-refractivity contribution is -0.137. The second-order valence-electron chi connectivity index (χ2n) is 8.09. The zero-order valence-electron chi connectivity index (χ0n) is 17.9. The van der Waals surface area contributed by atoms with Crippen LogP contribution >= 0.6 is 0 Å². The normalized spacial score (nSPS) is 20.1. The van der Waals surface area contributed by atoms with E-state index in [1.54, 1.807) is 17.0 Å². The molecule has 1 amide bonds. The summed E-state index contributed by atoms with van der Waals surface area (Å²) in [6.45, 7) is 4.30. The van der Waals surface area contributed by atoms with Crippen molar-refractivity contribution in [2.75, 3.05) is 26.3 Å². The average molecular weight is 451 g/mol. The molecule has 2 aromatic rings. The molecule has 1 fully saturated rings. The minimum absolute atomic E-state index is 0.0539. The smallest absolute Gasteiger partial charge is 0.238 e. The van der Waals surface area contributed by atoms with Crippen LogP contribution in [-0.4, -0.2) is 56.1 Å². The molecule has 7 nitrogen and oxygen atoms in total. The minimum Gasteiger partial charge on any atom is -0.316 e. The van der Waals surface area contributed by atoms with E-state index < -0.39 is 10.0 Å². The number of carbonyl (C=O) groups is 1. The molecular weight excluding hydrogens is 424 g/mol. The van der Waals surface area contributed by atoms with E-state index >= 15 is 0 Å². The van der Waals surface area contributed by atoms with E-state index in [0.717, 1.165) is 29.8 Å². The van der Waals surface area contributed by atoms with Gasteiger partial charge in [-0.3, -0.25) is 14.7 Å². The fourth-order valence-corrected chi connectivity index (χ4v) is 4.61. The van der Waals surface area contributed by atoms with Gasteiger partial charge in [-0.1, -0.05) is 42.2 Å². The average Bonchev–Trinajstić information content (AvgIpc) is 2.79. The first kappa shape index (κ1) is 22.2. The SMILES string of the molecule is CC(c1ccc(S(N)(=O)=O)cc1)N1CN=C2CCN(CC#Cc3ccccc3)CC2C1=O. The fourth-order valence-electron chi connectivity index (χ4n) is 4.10. The number of amides is 1. The summed E-state index contributed by atoms with van der Waals surface area (Å²) in [6.07, 6.45) is 0.773. The van der Waals surface area contributed by atoms with Gasteiger partial charge in [0.25, 0.3) is 0 Å². The third-order valence-electron chi connectivity index (χ3n) is 6.00. The Kier molecular flexibility index (Phi) is 6.42. The zero-order valence-corrected chi connectivity index (χ0v) is 18.8. The Hall–Kier alpha value is -2.99. The molecule has 2 heterocycles. The van der Waals surface area contributed by atoms with Crippen LogP contribution in [0.5, 0.6) is 0 Å². The predicted octanol–water partition coefficient (Wildman–Crippen LogP) is 2.01. The minimum atomic E-state index is -3.75. The summed E-state index contributed by atoms with van der Waals surface area (Å²) in [7, 11) is -3.75. The summed E-state index contributed by atoms with van der Waals surface area (Å²) >= 11 is 0. The van der Waals surface area contributed by atoms with E-state index in [9.17, 15) is 13.2 Å². The number of nitrogens with two attached hydrogens (primary N) is 1. The van der Waals surface area contributed by atoms with Crippen molar-refractivity contribution in [1.29, 1.82) is 0 Å². The van der Waals surface area contributed by atoms with Gasteiger partial charge in [-0.15, -0.1) is 0 Å². The molecule has 0 radical (unpaired) electrons. The third kappa shape index (κ3) is 4.91. The van der Waals surface area contributed by atoms with E-state index in [1.807, 2.05) is 37.3 Å². The lowest BCUT2D eigenvalue weighted by Crippen LogP contribution is -2.52. The largest absolute Gasteiger partial charge is 0.316 e. The van der Waals surface area contributed by atoms with Crippen molar-refractivity contribution in [2.24, 2.45) is 16.0 Å². The molecule has 8 heteroatoms. The summed E-state index contributed by atoms with van der Waals surface area (Å²) in [6, 6.07) is 16.0. The van der Waals surface area contributed by atoms with Crippen LogP contribution in [-0.2, 0) is 14.8 Å². The Balaban J connectivity index is 1.43. The summed E-state index contributed by atoms with van der Waals surface area (Å²) < 4.78 is 23.0. The highest BCUT2D eigenvalue weighted by Gasteiger charge is 2.38. The van der Waals surface area contributed by atoms with Gasteiger partial charge < -0.3 is 4.90 Å². The van der Waals surface area contributed by atoms with Gasteiger partial charge in [0, 0.05) is 24.4 Å². The van der Waals surface area contributed by atoms with Gasteiger partial charge in [0.15, 0.2) is 0 Å². The Morgan fingerprint density at radius 2 is 1.88 bits per heavy atom. The number of sulfonamides is 1. The highest BCUT2D eigenvalue weighted by atomic mass is 32.2. The molecule has 0 spiro atoms. The van der Waals surface area contributed by atoms with Crippen molar-refractivity contribution in [3.63, 3.8) is 0 Å². The molecule has 4 rings (SSSR count). The number of rotatable bonds is 4. The predicted molar refractivity (Wildman–Crippen MR) is 123 cm³/mol. The van der Waals surface area contributed by atoms with Crippen molar-refractivity contribution in [3.05, 3.63) is 65.7 Å². The molecule has 1 saturated heterocycles. The summed E-state index contributed by atoms with van der Waals surface area (Å²) in [5.41, 5.74) is 2.79. The zero-order chi connectivity index (χ0) is 22.7. The monoisotopic (exact) mass is 450 g/mol. The number of hydrogen-bond donors (Lipinski definition) is 1. The summed E-state index contributed by atoms with van der Waals surface area (Å²) in [5, 5.41) is 5.18. The molecule has 2 N–H and O–H groups in total. The van der Waals surface area contributed by atoms with E-state index in [-0.39, 0.29) is 22.8 Å². The van der Waals surface area contributed by atoms with Crippen molar-refractivity contribution < 1.29 is 13.2 Å². The van der Waals surface area contributed by atoms with Crippen LogP contribution in [0.4, 0.5) is 0 Å². The van der Waals surface area contributed by atoms with Crippen molar-refractivity contribution in [1.82, 2.24) is 9.80 Å². The molecule has 0 saturated carbocycles. The molecule has 0 aliphatic carbocycles. The Bertz CT molecular complexity index is 1180. The number of nitrogens with zero attached hydrogens (tertiary/aromatic N) is 3. The molecule has 2 aliphatic heterocycles. The van der Waals surface area contributed by atoms with Crippen molar-refractivity contribution >= 4 is 21.6 Å². The van der Waals surface area contributed by atoms with E-state index in [0.29, 0.717) is 19.8 Å². The van der Waals surface area contributed by atoms with Gasteiger partial charge in [0.2, 0.25) is 15.9 Å². The maximum absolute atomic E-state index is 13.3. The molecule has 2 aliphatic rings. The van der Waals surface area contributed by atoms with Crippen LogP contribution in [0.1, 0.15) is 30.5 Å². The Morgan fingerprint density at radius 1 is 1.16 bits per heavy atom. The molecule has 2 unspecified atom stereocenters. The molecule has 32 heavy (non-hydrogen) atoms. The molecular formula is C24H26N4O3S. The molecule has 2 aromatic carbocycles. The number of fused-ring (bicyclic) bond motifs is 1. The molecule has 0 aromatic heterocycles. The number of aliphatic imine (C=N–C) groups is 1. The highest BCUT2D eigenvalue weighted by molar-refractivity contribution is 7.89. The quantitative estimate of drug-likeness (QED) is 0.721. The second-order valence-corrected chi connectivity index (χ2v) is 9.66. The number of piperidine rings is 1. The number of benzene rings is 2. The fraction of sp³-hybridized carbons (Fsp3) is 0.333. The van der Waals surface area contributed by atoms with E-state index in [4.69, 9.17) is 10.1 Å². The van der Waals surface area contributed by atoms with Gasteiger partial charge in [0.1, 0.15) is 6.67 Å². The van der Waals surface area contributed by atoms with Gasteiger partial charge in [-0.05, 0) is 43.2 Å². The van der Waals surface area contributed by atoms with Gasteiger partial charge >= 0.3 is 0 Å². The maximum atomic E-state index is 13.3. The first-order valence-electron chi connectivity index (χ1n) is 10.6. The van der Waals surface area contributed by atoms with Gasteiger partial charge in [-0.25, -0.2) is 13.6 Å². The van der Waals surface area contributed by atoms with Crippen molar-refractivity contribution in [3.8, 4) is 11.8 Å². The highest BCUT2D eigenvalue weighted by Crippen LogP contribution is 2.28. The third-order valence-corrected chi connectivity index (χ3v) is 6.93. The number of hydrogen-bond acceptors (Lipinski definition) is 5. The van der Waals surface area contributed by atoms with E-state index in [1.165, 1.54) is 12.1 Å². The van der Waals surface area contributed by atoms with Gasteiger partial charge in [-0.2, -0.15) is 0 Å². The number of carbonyl (C=O) groups excluding carboxylic acids is 1. The summed E-state index contributed by atoms with van der Waals surface area (Å²) in [4.78, 5) is 22.0. The van der Waals surface area contributed by atoms with Crippen molar-refractivity contribution in [2.45, 2.75) is 24.3 Å². The van der Waals surface area contributed by atoms with Crippen LogP contribution in [0.15, 0.2) is 64.5 Å². The lowest BCUT2D eigenvalue weighted by Gasteiger charge is -2.40. The lowest BCUT2D eigenvalue weighted by atomic mass is 9.91. The number of primary sulfonamides is 1. The van der Waals surface area contributed by atoms with Gasteiger partial charge in [0.05, 0.1) is 23.4 Å². The van der Waals surface area contributed by atoms with E-state index in [2.05, 4.69) is 16.7 Å². The molecule has 166 valence electrons. The topological polar surface area (TPSA) is 96.1 Å². The Morgan fingerprint density at radius 3 is 2.56 bits per heavy atom. The number of likely N-dealkylation sites (tertiary alicyclic amines) is 1. The van der Waals surface area contributed by atoms with Crippen LogP contribution in [0.2, 0.25) is 0 Å². The van der Waals surface area contributed by atoms with Crippen LogP contribution in [0.3, 0.4) is 0 Å². The first-order valence-corrected chi connectivity index (χ1v) is 12.1. The summed E-state index contributed by atoms with van der Waals surface area (Å²) in [5.74, 6) is 6.17. The first-order chi connectivity index (χ1) is 15.3. The maximum Gasteiger partial charge on any atom is 0.238 e.